The molecule has 0 radical (unpaired) electrons. The van der Waals surface area contributed by atoms with Crippen LogP contribution in [0.3, 0.4) is 0 Å². The molecule has 0 unspecified atom stereocenters. The number of rotatable bonds is 7. The van der Waals surface area contributed by atoms with E-state index in [1.165, 1.54) is 19.3 Å². The molecule has 1 aliphatic rings. The number of piperidine rings is 1. The summed E-state index contributed by atoms with van der Waals surface area (Å²) >= 11 is 6.54. The number of nitrogens with zero attached hydrogens (tertiary/aromatic N) is 1. The zero-order chi connectivity index (χ0) is 17.5. The minimum atomic E-state index is 0.722. The first-order chi connectivity index (χ1) is 12.3. The normalized spacial score (nSPS) is 14.4. The topological polar surface area (TPSA) is 24.5 Å². The van der Waals surface area contributed by atoms with Crippen LogP contribution in [0.5, 0.6) is 5.75 Å². The zero-order valence-corrected chi connectivity index (χ0v) is 15.7. The summed E-state index contributed by atoms with van der Waals surface area (Å²) in [7, 11) is 0. The maximum atomic E-state index is 6.54. The Morgan fingerprint density at radius 3 is 2.64 bits per heavy atom. The first kappa shape index (κ1) is 17.9. The predicted octanol–water partition coefficient (Wildman–Crippen LogP) is 5.73. The molecule has 3 nitrogen and oxygen atoms in total. The smallest absolute Gasteiger partial charge is 0.124 e. The summed E-state index contributed by atoms with van der Waals surface area (Å²) in [5.74, 6) is 0.952. The van der Waals surface area contributed by atoms with E-state index in [-0.39, 0.29) is 0 Å². The highest BCUT2D eigenvalue weighted by molar-refractivity contribution is 6.33. The van der Waals surface area contributed by atoms with Crippen LogP contribution in [-0.4, -0.2) is 19.7 Å². The standard InChI is InChI=1S/C21H27ClN2O/c1-2-14-25-21-9-5-4-8-17(21)16-23-18-10-11-20(19(22)15-18)24-12-6-3-7-13-24/h4-5,8-11,15,23H,2-3,6-7,12-14,16H2,1H3. The molecule has 0 aliphatic carbocycles. The van der Waals surface area contributed by atoms with Crippen LogP contribution in [0.4, 0.5) is 11.4 Å². The van der Waals surface area contributed by atoms with Gasteiger partial charge in [0.2, 0.25) is 0 Å². The summed E-state index contributed by atoms with van der Waals surface area (Å²) in [4.78, 5) is 2.39. The van der Waals surface area contributed by atoms with Gasteiger partial charge in [-0.2, -0.15) is 0 Å². The number of para-hydroxylation sites is 1. The van der Waals surface area contributed by atoms with Crippen LogP contribution in [0.15, 0.2) is 42.5 Å². The Morgan fingerprint density at radius 2 is 1.88 bits per heavy atom. The van der Waals surface area contributed by atoms with Gasteiger partial charge in [-0.05, 0) is 49.9 Å². The molecule has 0 saturated carbocycles. The van der Waals surface area contributed by atoms with Crippen molar-refractivity contribution in [3.63, 3.8) is 0 Å². The quantitative estimate of drug-likeness (QED) is 0.683. The van der Waals surface area contributed by atoms with Crippen molar-refractivity contribution >= 4 is 23.0 Å². The molecule has 0 spiro atoms. The number of hydrogen-bond acceptors (Lipinski definition) is 3. The maximum Gasteiger partial charge on any atom is 0.124 e. The van der Waals surface area contributed by atoms with Crippen molar-refractivity contribution in [1.29, 1.82) is 0 Å². The Hall–Kier alpha value is -1.87. The van der Waals surface area contributed by atoms with E-state index in [1.54, 1.807) is 0 Å². The molecule has 1 aliphatic heterocycles. The molecule has 3 rings (SSSR count). The van der Waals surface area contributed by atoms with Gasteiger partial charge in [-0.15, -0.1) is 0 Å². The fourth-order valence-electron chi connectivity index (χ4n) is 3.21. The molecule has 134 valence electrons. The van der Waals surface area contributed by atoms with Crippen molar-refractivity contribution in [2.45, 2.75) is 39.2 Å². The number of halogens is 1. The van der Waals surface area contributed by atoms with E-state index in [4.69, 9.17) is 16.3 Å². The highest BCUT2D eigenvalue weighted by atomic mass is 35.5. The summed E-state index contributed by atoms with van der Waals surface area (Å²) < 4.78 is 5.82. The number of anilines is 2. The molecule has 1 N–H and O–H groups in total. The molecule has 1 fully saturated rings. The lowest BCUT2D eigenvalue weighted by atomic mass is 10.1. The number of ether oxygens (including phenoxy) is 1. The predicted molar refractivity (Wildman–Crippen MR) is 107 cm³/mol. The van der Waals surface area contributed by atoms with E-state index in [0.29, 0.717) is 0 Å². The zero-order valence-electron chi connectivity index (χ0n) is 14.9. The first-order valence-corrected chi connectivity index (χ1v) is 9.65. The number of hydrogen-bond donors (Lipinski definition) is 1. The van der Waals surface area contributed by atoms with E-state index >= 15 is 0 Å². The summed E-state index contributed by atoms with van der Waals surface area (Å²) in [5, 5.41) is 4.29. The molecule has 0 amide bonds. The van der Waals surface area contributed by atoms with Crippen molar-refractivity contribution in [3.8, 4) is 5.75 Å². The van der Waals surface area contributed by atoms with Crippen LogP contribution in [-0.2, 0) is 6.54 Å². The van der Waals surface area contributed by atoms with Gasteiger partial charge in [0.05, 0.1) is 17.3 Å². The van der Waals surface area contributed by atoms with Crippen LogP contribution in [0.2, 0.25) is 5.02 Å². The molecular weight excluding hydrogens is 332 g/mol. The van der Waals surface area contributed by atoms with Gasteiger partial charge in [-0.25, -0.2) is 0 Å². The van der Waals surface area contributed by atoms with Crippen LogP contribution < -0.4 is 15.0 Å². The third-order valence-corrected chi connectivity index (χ3v) is 4.86. The van der Waals surface area contributed by atoms with Gasteiger partial charge < -0.3 is 15.0 Å². The fourth-order valence-corrected chi connectivity index (χ4v) is 3.51. The highest BCUT2D eigenvalue weighted by Crippen LogP contribution is 2.31. The van der Waals surface area contributed by atoms with Gasteiger partial charge >= 0.3 is 0 Å². The summed E-state index contributed by atoms with van der Waals surface area (Å²) in [6.45, 7) is 5.79. The summed E-state index contributed by atoms with van der Waals surface area (Å²) in [6, 6.07) is 14.5. The van der Waals surface area contributed by atoms with Crippen molar-refractivity contribution in [1.82, 2.24) is 0 Å². The minimum absolute atomic E-state index is 0.722. The van der Waals surface area contributed by atoms with E-state index in [2.05, 4.69) is 35.3 Å². The molecule has 2 aromatic carbocycles. The van der Waals surface area contributed by atoms with Gasteiger partial charge in [0.15, 0.2) is 0 Å². The lowest BCUT2D eigenvalue weighted by molar-refractivity contribution is 0.314. The van der Waals surface area contributed by atoms with Crippen LogP contribution >= 0.6 is 11.6 Å². The summed E-state index contributed by atoms with van der Waals surface area (Å²) in [6.07, 6.45) is 4.85. The van der Waals surface area contributed by atoms with E-state index in [9.17, 15) is 0 Å². The molecular formula is C21H27ClN2O. The Morgan fingerprint density at radius 1 is 1.08 bits per heavy atom. The van der Waals surface area contributed by atoms with E-state index in [1.807, 2.05) is 24.3 Å². The fraction of sp³-hybridized carbons (Fsp3) is 0.429. The lowest BCUT2D eigenvalue weighted by Crippen LogP contribution is -2.29. The Kier molecular flexibility index (Phi) is 6.46. The van der Waals surface area contributed by atoms with E-state index < -0.39 is 0 Å². The largest absolute Gasteiger partial charge is 0.493 e. The maximum absolute atomic E-state index is 6.54. The SMILES string of the molecule is CCCOc1ccccc1CNc1ccc(N2CCCCC2)c(Cl)c1. The average molecular weight is 359 g/mol. The van der Waals surface area contributed by atoms with Crippen LogP contribution in [0.25, 0.3) is 0 Å². The summed E-state index contributed by atoms with van der Waals surface area (Å²) in [5.41, 5.74) is 3.35. The lowest BCUT2D eigenvalue weighted by Gasteiger charge is -2.29. The number of nitrogens with one attached hydrogen (secondary N) is 1. The van der Waals surface area contributed by atoms with Crippen LogP contribution in [0.1, 0.15) is 38.2 Å². The second-order valence-corrected chi connectivity index (χ2v) is 6.93. The molecule has 1 saturated heterocycles. The molecule has 0 aromatic heterocycles. The third kappa shape index (κ3) is 4.82. The van der Waals surface area contributed by atoms with Gasteiger partial charge in [0, 0.05) is 30.9 Å². The second kappa shape index (κ2) is 9.00. The average Bonchev–Trinajstić information content (AvgIpc) is 2.66. The van der Waals surface area contributed by atoms with Crippen molar-refractivity contribution < 1.29 is 4.74 Å². The molecule has 0 atom stereocenters. The molecule has 1 heterocycles. The Balaban J connectivity index is 1.65. The third-order valence-electron chi connectivity index (χ3n) is 4.56. The van der Waals surface area contributed by atoms with Crippen molar-refractivity contribution in [2.24, 2.45) is 0 Å². The highest BCUT2D eigenvalue weighted by Gasteiger charge is 2.14. The minimum Gasteiger partial charge on any atom is -0.493 e. The van der Waals surface area contributed by atoms with Crippen molar-refractivity contribution in [3.05, 3.63) is 53.1 Å². The van der Waals surface area contributed by atoms with Crippen molar-refractivity contribution in [2.75, 3.05) is 29.9 Å². The van der Waals surface area contributed by atoms with Gasteiger partial charge in [0.25, 0.3) is 0 Å². The second-order valence-electron chi connectivity index (χ2n) is 6.52. The van der Waals surface area contributed by atoms with Crippen LogP contribution in [0, 0.1) is 0 Å². The van der Waals surface area contributed by atoms with Gasteiger partial charge in [0.1, 0.15) is 5.75 Å². The Labute approximate surface area is 155 Å². The molecule has 2 aromatic rings. The first-order valence-electron chi connectivity index (χ1n) is 9.27. The Bertz CT molecular complexity index is 683. The van der Waals surface area contributed by atoms with Gasteiger partial charge in [-0.3, -0.25) is 0 Å². The molecule has 25 heavy (non-hydrogen) atoms. The molecule has 4 heteroatoms. The monoisotopic (exact) mass is 358 g/mol. The number of benzene rings is 2. The van der Waals surface area contributed by atoms with Gasteiger partial charge in [-0.1, -0.05) is 36.7 Å². The molecule has 0 bridgehead atoms. The van der Waals surface area contributed by atoms with E-state index in [0.717, 1.165) is 60.4 Å².